The quantitative estimate of drug-likeness (QED) is 0.816. The summed E-state index contributed by atoms with van der Waals surface area (Å²) in [6.07, 6.45) is 1.64. The summed E-state index contributed by atoms with van der Waals surface area (Å²) in [5, 5.41) is 0.331. The minimum absolute atomic E-state index is 0.103. The molecule has 0 amide bonds. The zero-order valence-electron chi connectivity index (χ0n) is 11.0. The molecule has 6 heteroatoms. The molecule has 2 aromatic rings. The lowest BCUT2D eigenvalue weighted by Crippen LogP contribution is -2.16. The van der Waals surface area contributed by atoms with Crippen molar-refractivity contribution in [2.75, 3.05) is 13.2 Å². The SMILES string of the molecule is O=C(OCc1ccccn1)c1cc(Cl)c2c(c1)OCCO2. The number of aromatic nitrogens is 1. The predicted molar refractivity (Wildman–Crippen MR) is 75.8 cm³/mol. The van der Waals surface area contributed by atoms with Gasteiger partial charge in [-0.2, -0.15) is 0 Å². The van der Waals surface area contributed by atoms with Crippen molar-refractivity contribution in [2.24, 2.45) is 0 Å². The summed E-state index contributed by atoms with van der Waals surface area (Å²) in [4.78, 5) is 16.1. The smallest absolute Gasteiger partial charge is 0.338 e. The summed E-state index contributed by atoms with van der Waals surface area (Å²) in [5.74, 6) is 0.433. The van der Waals surface area contributed by atoms with Crippen LogP contribution >= 0.6 is 11.6 Å². The van der Waals surface area contributed by atoms with E-state index in [0.717, 1.165) is 0 Å². The van der Waals surface area contributed by atoms with Crippen molar-refractivity contribution in [1.29, 1.82) is 0 Å². The van der Waals surface area contributed by atoms with Gasteiger partial charge in [0, 0.05) is 6.20 Å². The Morgan fingerprint density at radius 2 is 2.14 bits per heavy atom. The van der Waals surface area contributed by atoms with Gasteiger partial charge in [-0.3, -0.25) is 4.98 Å². The Kier molecular flexibility index (Phi) is 3.92. The van der Waals surface area contributed by atoms with Crippen LogP contribution in [-0.4, -0.2) is 24.2 Å². The van der Waals surface area contributed by atoms with Gasteiger partial charge in [0.05, 0.1) is 16.3 Å². The molecule has 3 rings (SSSR count). The highest BCUT2D eigenvalue weighted by atomic mass is 35.5. The molecule has 1 aromatic carbocycles. The second kappa shape index (κ2) is 6.01. The molecule has 0 saturated carbocycles. The Bertz CT molecular complexity index is 660. The summed E-state index contributed by atoms with van der Waals surface area (Å²) >= 11 is 6.08. The summed E-state index contributed by atoms with van der Waals surface area (Å²) in [5.41, 5.74) is 0.995. The number of halogens is 1. The summed E-state index contributed by atoms with van der Waals surface area (Å²) in [6.45, 7) is 0.970. The number of carbonyl (C=O) groups excluding carboxylic acids is 1. The lowest BCUT2D eigenvalue weighted by atomic mass is 10.2. The molecule has 2 heterocycles. The fourth-order valence-corrected chi connectivity index (χ4v) is 2.20. The maximum absolute atomic E-state index is 12.1. The number of ether oxygens (including phenoxy) is 3. The van der Waals surface area contributed by atoms with Crippen molar-refractivity contribution < 1.29 is 19.0 Å². The minimum Gasteiger partial charge on any atom is -0.486 e. The van der Waals surface area contributed by atoms with Crippen LogP contribution in [0.1, 0.15) is 16.1 Å². The van der Waals surface area contributed by atoms with E-state index in [1.165, 1.54) is 6.07 Å². The van der Waals surface area contributed by atoms with Crippen LogP contribution in [0.25, 0.3) is 0 Å². The van der Waals surface area contributed by atoms with Crippen LogP contribution in [-0.2, 0) is 11.3 Å². The van der Waals surface area contributed by atoms with Crippen molar-refractivity contribution in [3.05, 3.63) is 52.8 Å². The third kappa shape index (κ3) is 3.08. The molecule has 0 radical (unpaired) electrons. The van der Waals surface area contributed by atoms with Crippen LogP contribution in [0, 0.1) is 0 Å². The van der Waals surface area contributed by atoms with Gasteiger partial charge in [-0.15, -0.1) is 0 Å². The number of pyridine rings is 1. The van der Waals surface area contributed by atoms with E-state index in [1.54, 1.807) is 24.4 Å². The normalized spacial score (nSPS) is 12.8. The lowest BCUT2D eigenvalue weighted by Gasteiger charge is -2.19. The zero-order chi connectivity index (χ0) is 14.7. The molecule has 0 N–H and O–H groups in total. The monoisotopic (exact) mass is 305 g/mol. The first-order chi connectivity index (χ1) is 10.2. The standard InChI is InChI=1S/C15H12ClNO4/c16-12-7-10(8-13-14(12)20-6-5-19-13)15(18)21-9-11-3-1-2-4-17-11/h1-4,7-8H,5-6,9H2. The van der Waals surface area contributed by atoms with E-state index in [9.17, 15) is 4.79 Å². The molecular weight excluding hydrogens is 294 g/mol. The third-order valence-electron chi connectivity index (χ3n) is 2.91. The topological polar surface area (TPSA) is 57.7 Å². The summed E-state index contributed by atoms with van der Waals surface area (Å²) in [6, 6.07) is 8.49. The van der Waals surface area contributed by atoms with Gasteiger partial charge < -0.3 is 14.2 Å². The van der Waals surface area contributed by atoms with E-state index in [1.807, 2.05) is 6.07 Å². The van der Waals surface area contributed by atoms with E-state index < -0.39 is 5.97 Å². The number of esters is 1. The Morgan fingerprint density at radius 1 is 1.29 bits per heavy atom. The largest absolute Gasteiger partial charge is 0.486 e. The number of hydrogen-bond donors (Lipinski definition) is 0. The number of fused-ring (bicyclic) bond motifs is 1. The number of hydrogen-bond acceptors (Lipinski definition) is 5. The maximum Gasteiger partial charge on any atom is 0.338 e. The first kappa shape index (κ1) is 13.7. The maximum atomic E-state index is 12.1. The van der Waals surface area contributed by atoms with Gasteiger partial charge >= 0.3 is 5.97 Å². The molecule has 0 saturated heterocycles. The Hall–Kier alpha value is -2.27. The van der Waals surface area contributed by atoms with E-state index in [0.29, 0.717) is 41.0 Å². The molecule has 0 fully saturated rings. The summed E-state index contributed by atoms with van der Waals surface area (Å²) in [7, 11) is 0. The Balaban J connectivity index is 1.74. The van der Waals surface area contributed by atoms with Crippen molar-refractivity contribution in [2.45, 2.75) is 6.61 Å². The molecule has 0 spiro atoms. The molecule has 1 aliphatic heterocycles. The van der Waals surface area contributed by atoms with Crippen LogP contribution in [0.5, 0.6) is 11.5 Å². The molecule has 5 nitrogen and oxygen atoms in total. The average molecular weight is 306 g/mol. The fraction of sp³-hybridized carbons (Fsp3) is 0.200. The van der Waals surface area contributed by atoms with Gasteiger partial charge in [0.1, 0.15) is 19.8 Å². The van der Waals surface area contributed by atoms with Gasteiger partial charge in [0.15, 0.2) is 11.5 Å². The molecule has 0 atom stereocenters. The van der Waals surface area contributed by atoms with Crippen LogP contribution < -0.4 is 9.47 Å². The van der Waals surface area contributed by atoms with Crippen molar-refractivity contribution in [3.63, 3.8) is 0 Å². The van der Waals surface area contributed by atoms with Crippen LogP contribution in [0.2, 0.25) is 5.02 Å². The highest BCUT2D eigenvalue weighted by Crippen LogP contribution is 2.38. The molecule has 1 aromatic heterocycles. The predicted octanol–water partition coefficient (Wildman–Crippen LogP) is 2.86. The first-order valence-electron chi connectivity index (χ1n) is 6.40. The fourth-order valence-electron chi connectivity index (χ4n) is 1.94. The molecule has 108 valence electrons. The van der Waals surface area contributed by atoms with E-state index in [4.69, 9.17) is 25.8 Å². The zero-order valence-corrected chi connectivity index (χ0v) is 11.8. The van der Waals surface area contributed by atoms with Crippen LogP contribution in [0.15, 0.2) is 36.5 Å². The second-order valence-corrected chi connectivity index (χ2v) is 4.79. The van der Waals surface area contributed by atoms with Crippen molar-refractivity contribution >= 4 is 17.6 Å². The summed E-state index contributed by atoms with van der Waals surface area (Å²) < 4.78 is 16.0. The highest BCUT2D eigenvalue weighted by molar-refractivity contribution is 6.32. The number of rotatable bonds is 3. The van der Waals surface area contributed by atoms with E-state index in [2.05, 4.69) is 4.98 Å². The molecule has 1 aliphatic rings. The molecular formula is C15H12ClNO4. The van der Waals surface area contributed by atoms with Gasteiger partial charge in [0.25, 0.3) is 0 Å². The number of benzene rings is 1. The number of nitrogens with zero attached hydrogens (tertiary/aromatic N) is 1. The van der Waals surface area contributed by atoms with Crippen molar-refractivity contribution in [3.8, 4) is 11.5 Å². The number of carbonyl (C=O) groups is 1. The van der Waals surface area contributed by atoms with Gasteiger partial charge in [-0.1, -0.05) is 17.7 Å². The highest BCUT2D eigenvalue weighted by Gasteiger charge is 2.20. The first-order valence-corrected chi connectivity index (χ1v) is 6.78. The van der Waals surface area contributed by atoms with E-state index in [-0.39, 0.29) is 6.61 Å². The molecule has 0 unspecified atom stereocenters. The average Bonchev–Trinajstić information content (AvgIpc) is 2.53. The second-order valence-electron chi connectivity index (χ2n) is 4.38. The van der Waals surface area contributed by atoms with Gasteiger partial charge in [-0.05, 0) is 24.3 Å². The molecule has 0 aliphatic carbocycles. The van der Waals surface area contributed by atoms with Gasteiger partial charge in [0.2, 0.25) is 0 Å². The molecule has 21 heavy (non-hydrogen) atoms. The Labute approximate surface area is 126 Å². The van der Waals surface area contributed by atoms with Crippen molar-refractivity contribution in [1.82, 2.24) is 4.98 Å². The van der Waals surface area contributed by atoms with Crippen LogP contribution in [0.3, 0.4) is 0 Å². The molecule has 0 bridgehead atoms. The van der Waals surface area contributed by atoms with Gasteiger partial charge in [-0.25, -0.2) is 4.79 Å². The third-order valence-corrected chi connectivity index (χ3v) is 3.19. The lowest BCUT2D eigenvalue weighted by molar-refractivity contribution is 0.0466. The van der Waals surface area contributed by atoms with E-state index >= 15 is 0 Å². The van der Waals surface area contributed by atoms with Crippen LogP contribution in [0.4, 0.5) is 0 Å². The minimum atomic E-state index is -0.487. The Morgan fingerprint density at radius 3 is 2.95 bits per heavy atom.